The van der Waals surface area contributed by atoms with Gasteiger partial charge in [0.05, 0.1) is 5.56 Å². The van der Waals surface area contributed by atoms with Crippen LogP contribution >= 0.6 is 12.6 Å². The Hall–Kier alpha value is -1.00. The molecule has 1 unspecified atom stereocenters. The summed E-state index contributed by atoms with van der Waals surface area (Å²) < 4.78 is 0. The van der Waals surface area contributed by atoms with Crippen LogP contribution in [0.3, 0.4) is 0 Å². The Morgan fingerprint density at radius 2 is 2.28 bits per heavy atom. The molecule has 1 aromatic carbocycles. The fourth-order valence-electron chi connectivity index (χ4n) is 2.36. The molecule has 0 aliphatic carbocycles. The molecule has 1 aliphatic heterocycles. The van der Waals surface area contributed by atoms with Crippen molar-refractivity contribution in [1.29, 1.82) is 0 Å². The largest absolute Gasteiger partial charge is 0.352 e. The monoisotopic (exact) mass is 264 g/mol. The molecule has 0 aromatic heterocycles. The number of nitrogens with zero attached hydrogens (tertiary/aromatic N) is 1. The molecule has 1 heterocycles. The lowest BCUT2D eigenvalue weighted by Gasteiger charge is -2.14. The maximum Gasteiger partial charge on any atom is 0.252 e. The zero-order chi connectivity index (χ0) is 13.0. The first-order chi connectivity index (χ1) is 8.70. The lowest BCUT2D eigenvalue weighted by molar-refractivity contribution is 0.0944. The SMILES string of the molecule is CCN1CCC(CNC(=O)c2ccccc2S)C1. The van der Waals surface area contributed by atoms with E-state index < -0.39 is 0 Å². The standard InChI is InChI=1S/C14H20N2OS/c1-2-16-8-7-11(10-16)9-15-14(17)12-5-3-4-6-13(12)18/h3-6,11,18H,2,7-10H2,1H3,(H,15,17). The Morgan fingerprint density at radius 3 is 2.94 bits per heavy atom. The number of rotatable bonds is 4. The lowest BCUT2D eigenvalue weighted by Crippen LogP contribution is -2.31. The molecule has 0 spiro atoms. The summed E-state index contributed by atoms with van der Waals surface area (Å²) in [7, 11) is 0. The van der Waals surface area contributed by atoms with Gasteiger partial charge in [-0.25, -0.2) is 0 Å². The summed E-state index contributed by atoms with van der Waals surface area (Å²) >= 11 is 4.30. The molecule has 1 saturated heterocycles. The van der Waals surface area contributed by atoms with Crippen molar-refractivity contribution in [2.24, 2.45) is 5.92 Å². The van der Waals surface area contributed by atoms with Gasteiger partial charge < -0.3 is 10.2 Å². The summed E-state index contributed by atoms with van der Waals surface area (Å²) in [6, 6.07) is 7.40. The Kier molecular flexibility index (Phi) is 4.66. The van der Waals surface area contributed by atoms with Gasteiger partial charge in [-0.15, -0.1) is 12.6 Å². The number of amides is 1. The second-order valence-corrected chi connectivity index (χ2v) is 5.26. The number of hydrogen-bond donors (Lipinski definition) is 2. The molecule has 0 radical (unpaired) electrons. The number of hydrogen-bond acceptors (Lipinski definition) is 3. The molecule has 98 valence electrons. The van der Waals surface area contributed by atoms with Gasteiger partial charge in [0.15, 0.2) is 0 Å². The second kappa shape index (κ2) is 6.25. The molecule has 1 aromatic rings. The summed E-state index contributed by atoms with van der Waals surface area (Å²) in [6.45, 7) is 6.29. The van der Waals surface area contributed by atoms with Gasteiger partial charge in [0.2, 0.25) is 0 Å². The third-order valence-corrected chi connectivity index (χ3v) is 3.91. The van der Waals surface area contributed by atoms with Crippen molar-refractivity contribution in [3.8, 4) is 0 Å². The van der Waals surface area contributed by atoms with Crippen molar-refractivity contribution in [1.82, 2.24) is 10.2 Å². The zero-order valence-electron chi connectivity index (χ0n) is 10.7. The third kappa shape index (κ3) is 3.27. The minimum Gasteiger partial charge on any atom is -0.352 e. The van der Waals surface area contributed by atoms with Gasteiger partial charge in [0, 0.05) is 18.0 Å². The van der Waals surface area contributed by atoms with Crippen molar-refractivity contribution in [3.63, 3.8) is 0 Å². The number of thiol groups is 1. The zero-order valence-corrected chi connectivity index (χ0v) is 11.6. The van der Waals surface area contributed by atoms with Crippen LogP contribution in [0.4, 0.5) is 0 Å². The molecule has 4 heteroatoms. The van der Waals surface area contributed by atoms with Gasteiger partial charge in [-0.1, -0.05) is 19.1 Å². The molecule has 1 aliphatic rings. The van der Waals surface area contributed by atoms with Crippen LogP contribution in [0.1, 0.15) is 23.7 Å². The summed E-state index contributed by atoms with van der Waals surface area (Å²) in [5.41, 5.74) is 0.658. The van der Waals surface area contributed by atoms with Crippen LogP contribution in [0.5, 0.6) is 0 Å². The highest BCUT2D eigenvalue weighted by atomic mass is 32.1. The average Bonchev–Trinajstić information content (AvgIpc) is 2.84. The number of nitrogens with one attached hydrogen (secondary N) is 1. The number of likely N-dealkylation sites (tertiary alicyclic amines) is 1. The van der Waals surface area contributed by atoms with E-state index in [1.807, 2.05) is 24.3 Å². The quantitative estimate of drug-likeness (QED) is 0.816. The predicted molar refractivity (Wildman–Crippen MR) is 76.2 cm³/mol. The van der Waals surface area contributed by atoms with Gasteiger partial charge in [0.25, 0.3) is 5.91 Å². The number of benzene rings is 1. The molecular weight excluding hydrogens is 244 g/mol. The predicted octanol–water partition coefficient (Wildman–Crippen LogP) is 2.05. The van der Waals surface area contributed by atoms with E-state index in [2.05, 4.69) is 29.8 Å². The molecule has 3 nitrogen and oxygen atoms in total. The van der Waals surface area contributed by atoms with Crippen LogP contribution in [0.2, 0.25) is 0 Å². The minimum atomic E-state index is -0.0180. The van der Waals surface area contributed by atoms with Crippen molar-refractivity contribution in [2.45, 2.75) is 18.2 Å². The summed E-state index contributed by atoms with van der Waals surface area (Å²) in [6.07, 6.45) is 1.18. The van der Waals surface area contributed by atoms with E-state index in [0.717, 1.165) is 31.1 Å². The molecule has 0 saturated carbocycles. The van der Waals surface area contributed by atoms with Gasteiger partial charge >= 0.3 is 0 Å². The van der Waals surface area contributed by atoms with E-state index in [9.17, 15) is 4.79 Å². The fraction of sp³-hybridized carbons (Fsp3) is 0.500. The van der Waals surface area contributed by atoms with E-state index in [-0.39, 0.29) is 5.91 Å². The fourth-order valence-corrected chi connectivity index (χ4v) is 2.63. The third-order valence-electron chi connectivity index (χ3n) is 3.52. The number of carbonyl (C=O) groups excluding carboxylic acids is 1. The smallest absolute Gasteiger partial charge is 0.252 e. The van der Waals surface area contributed by atoms with Crippen LogP contribution in [-0.2, 0) is 0 Å². The number of carbonyl (C=O) groups is 1. The molecule has 1 atom stereocenters. The summed E-state index contributed by atoms with van der Waals surface area (Å²) in [5.74, 6) is 0.566. The van der Waals surface area contributed by atoms with E-state index in [1.165, 1.54) is 6.42 Å². The first-order valence-corrected chi connectivity index (χ1v) is 6.94. The van der Waals surface area contributed by atoms with Crippen LogP contribution < -0.4 is 5.32 Å². The first kappa shape index (κ1) is 13.4. The maximum atomic E-state index is 12.0. The van der Waals surface area contributed by atoms with Gasteiger partial charge in [-0.3, -0.25) is 4.79 Å². The molecule has 18 heavy (non-hydrogen) atoms. The maximum absolute atomic E-state index is 12.0. The van der Waals surface area contributed by atoms with E-state index in [4.69, 9.17) is 0 Å². The van der Waals surface area contributed by atoms with Crippen molar-refractivity contribution < 1.29 is 4.79 Å². The van der Waals surface area contributed by atoms with Gasteiger partial charge in [0.1, 0.15) is 0 Å². The van der Waals surface area contributed by atoms with E-state index in [0.29, 0.717) is 11.5 Å². The highest BCUT2D eigenvalue weighted by Crippen LogP contribution is 2.16. The average molecular weight is 264 g/mol. The second-order valence-electron chi connectivity index (χ2n) is 4.78. The highest BCUT2D eigenvalue weighted by Gasteiger charge is 2.21. The topological polar surface area (TPSA) is 32.3 Å². The van der Waals surface area contributed by atoms with Gasteiger partial charge in [-0.05, 0) is 37.6 Å². The Bertz CT molecular complexity index is 422. The minimum absolute atomic E-state index is 0.0180. The van der Waals surface area contributed by atoms with Crippen molar-refractivity contribution >= 4 is 18.5 Å². The Morgan fingerprint density at radius 1 is 1.50 bits per heavy atom. The molecular formula is C14H20N2OS. The highest BCUT2D eigenvalue weighted by molar-refractivity contribution is 7.80. The van der Waals surface area contributed by atoms with Crippen molar-refractivity contribution in [3.05, 3.63) is 29.8 Å². The molecule has 1 fully saturated rings. The van der Waals surface area contributed by atoms with E-state index in [1.54, 1.807) is 0 Å². The summed E-state index contributed by atoms with van der Waals surface area (Å²) in [4.78, 5) is 15.2. The van der Waals surface area contributed by atoms with Crippen LogP contribution in [-0.4, -0.2) is 37.0 Å². The summed E-state index contributed by atoms with van der Waals surface area (Å²) in [5, 5.41) is 3.01. The molecule has 0 bridgehead atoms. The van der Waals surface area contributed by atoms with Crippen LogP contribution in [0.25, 0.3) is 0 Å². The normalized spacial score (nSPS) is 20.0. The van der Waals surface area contributed by atoms with Crippen LogP contribution in [0, 0.1) is 5.92 Å². The van der Waals surface area contributed by atoms with Crippen LogP contribution in [0.15, 0.2) is 29.2 Å². The molecule has 2 rings (SSSR count). The van der Waals surface area contributed by atoms with Gasteiger partial charge in [-0.2, -0.15) is 0 Å². The van der Waals surface area contributed by atoms with Crippen molar-refractivity contribution in [2.75, 3.05) is 26.2 Å². The Balaban J connectivity index is 1.84. The molecule has 1 amide bonds. The molecule has 1 N–H and O–H groups in total. The first-order valence-electron chi connectivity index (χ1n) is 6.49. The Labute approximate surface area is 114 Å². The van der Waals surface area contributed by atoms with E-state index >= 15 is 0 Å². The lowest BCUT2D eigenvalue weighted by atomic mass is 10.1.